The molecule has 2 aromatic rings. The van der Waals surface area contributed by atoms with Crippen molar-refractivity contribution in [2.75, 3.05) is 0 Å². The second-order valence-corrected chi connectivity index (χ2v) is 6.55. The highest BCUT2D eigenvalue weighted by atomic mass is 79.9. The summed E-state index contributed by atoms with van der Waals surface area (Å²) in [6.07, 6.45) is -0.597. The summed E-state index contributed by atoms with van der Waals surface area (Å²) in [6, 6.07) is 7.58. The maximum absolute atomic E-state index is 10.4. The smallest absolute Gasteiger partial charge is 0.115 e. The van der Waals surface area contributed by atoms with E-state index in [9.17, 15) is 5.11 Å². The monoisotopic (exact) mass is 330 g/mol. The molecule has 0 amide bonds. The number of halogens is 2. The van der Waals surface area contributed by atoms with Crippen molar-refractivity contribution in [1.29, 1.82) is 0 Å². The van der Waals surface area contributed by atoms with Crippen LogP contribution < -0.4 is 0 Å². The third-order valence-corrected chi connectivity index (χ3v) is 4.87. The Morgan fingerprint density at radius 1 is 1.29 bits per heavy atom. The molecule has 0 bridgehead atoms. The average molecular weight is 332 g/mol. The van der Waals surface area contributed by atoms with Gasteiger partial charge in [0.1, 0.15) is 6.10 Å². The first kappa shape index (κ1) is 13.1. The summed E-state index contributed by atoms with van der Waals surface area (Å²) in [7, 11) is 0. The van der Waals surface area contributed by atoms with Crippen LogP contribution in [0.5, 0.6) is 0 Å². The first-order valence-electron chi connectivity index (χ1n) is 5.19. The van der Waals surface area contributed by atoms with E-state index in [2.05, 4.69) is 15.9 Å². The lowest BCUT2D eigenvalue weighted by molar-refractivity contribution is 0.222. The average Bonchev–Trinajstić information content (AvgIpc) is 2.57. The van der Waals surface area contributed by atoms with Gasteiger partial charge in [0.2, 0.25) is 0 Å². The molecule has 1 heterocycles. The third kappa shape index (κ3) is 2.74. The zero-order valence-electron chi connectivity index (χ0n) is 9.50. The molecule has 0 radical (unpaired) electrons. The number of benzene rings is 1. The Hall–Kier alpha value is -0.350. The molecule has 1 aromatic carbocycles. The topological polar surface area (TPSA) is 20.2 Å². The van der Waals surface area contributed by atoms with Crippen molar-refractivity contribution in [3.63, 3.8) is 0 Å². The number of aliphatic hydroxyl groups is 1. The molecule has 2 rings (SSSR count). The summed E-state index contributed by atoms with van der Waals surface area (Å²) in [5.74, 6) is 0. The number of aryl methyl sites for hydroxylation is 2. The second kappa shape index (κ2) is 5.11. The van der Waals surface area contributed by atoms with Crippen LogP contribution in [0.25, 0.3) is 0 Å². The molecule has 1 nitrogen and oxygen atoms in total. The van der Waals surface area contributed by atoms with E-state index in [-0.39, 0.29) is 0 Å². The molecule has 4 heteroatoms. The Morgan fingerprint density at radius 3 is 2.53 bits per heavy atom. The quantitative estimate of drug-likeness (QED) is 0.833. The normalized spacial score (nSPS) is 12.8. The van der Waals surface area contributed by atoms with Crippen LogP contribution in [0.15, 0.2) is 28.7 Å². The van der Waals surface area contributed by atoms with Gasteiger partial charge in [-0.3, -0.25) is 0 Å². The Labute approximate surface area is 118 Å². The van der Waals surface area contributed by atoms with Gasteiger partial charge in [-0.25, -0.2) is 0 Å². The second-order valence-electron chi connectivity index (χ2n) is 3.97. The molecule has 1 aromatic heterocycles. The highest BCUT2D eigenvalue weighted by molar-refractivity contribution is 9.10. The van der Waals surface area contributed by atoms with Crippen molar-refractivity contribution in [1.82, 2.24) is 0 Å². The fourth-order valence-corrected chi connectivity index (χ4v) is 3.87. The largest absolute Gasteiger partial charge is 0.383 e. The van der Waals surface area contributed by atoms with Crippen molar-refractivity contribution in [3.05, 3.63) is 54.6 Å². The highest BCUT2D eigenvalue weighted by Gasteiger charge is 2.18. The zero-order valence-corrected chi connectivity index (χ0v) is 12.7. The number of thiophene rings is 1. The number of hydrogen-bond donors (Lipinski definition) is 1. The lowest BCUT2D eigenvalue weighted by Gasteiger charge is -2.13. The first-order chi connectivity index (χ1) is 7.99. The van der Waals surface area contributed by atoms with E-state index in [1.807, 2.05) is 38.1 Å². The maximum Gasteiger partial charge on any atom is 0.115 e. The van der Waals surface area contributed by atoms with Gasteiger partial charge < -0.3 is 5.11 Å². The maximum atomic E-state index is 10.4. The Morgan fingerprint density at radius 2 is 2.00 bits per heavy atom. The van der Waals surface area contributed by atoms with Crippen LogP contribution >= 0.6 is 38.9 Å². The molecule has 0 saturated heterocycles. The summed E-state index contributed by atoms with van der Waals surface area (Å²) >= 11 is 11.0. The summed E-state index contributed by atoms with van der Waals surface area (Å²) in [4.78, 5) is 2.12. The minimum atomic E-state index is -0.597. The van der Waals surface area contributed by atoms with Gasteiger partial charge >= 0.3 is 0 Å². The summed E-state index contributed by atoms with van der Waals surface area (Å²) in [5, 5.41) is 11.1. The minimum Gasteiger partial charge on any atom is -0.383 e. The summed E-state index contributed by atoms with van der Waals surface area (Å²) in [5.41, 5.74) is 1.90. The van der Waals surface area contributed by atoms with Crippen LogP contribution in [0.1, 0.15) is 27.0 Å². The zero-order chi connectivity index (χ0) is 12.6. The molecule has 90 valence electrons. The Bertz CT molecular complexity index is 550. The van der Waals surface area contributed by atoms with Crippen molar-refractivity contribution in [2.24, 2.45) is 0 Å². The molecular weight excluding hydrogens is 320 g/mol. The van der Waals surface area contributed by atoms with E-state index in [0.29, 0.717) is 5.02 Å². The third-order valence-electron chi connectivity index (χ3n) is 2.61. The van der Waals surface area contributed by atoms with Crippen molar-refractivity contribution in [3.8, 4) is 0 Å². The molecule has 17 heavy (non-hydrogen) atoms. The van der Waals surface area contributed by atoms with Gasteiger partial charge in [-0.1, -0.05) is 17.7 Å². The molecule has 1 atom stereocenters. The van der Waals surface area contributed by atoms with Gasteiger partial charge in [0.15, 0.2) is 0 Å². The van der Waals surface area contributed by atoms with Crippen LogP contribution in [-0.4, -0.2) is 5.11 Å². The lowest BCUT2D eigenvalue weighted by atomic mass is 10.0. The van der Waals surface area contributed by atoms with Gasteiger partial charge in [-0.05, 0) is 59.1 Å². The molecule has 0 fully saturated rings. The minimum absolute atomic E-state index is 0.597. The highest BCUT2D eigenvalue weighted by Crippen LogP contribution is 2.36. The van der Waals surface area contributed by atoms with E-state index < -0.39 is 6.10 Å². The predicted octanol–water partition coefficient (Wildman–Crippen LogP) is 4.86. The molecule has 0 aliphatic rings. The standard InChI is InChI=1S/C13H12BrClOS/c1-7-5-9(15)3-4-10(7)12(16)13-11(14)6-8(2)17-13/h3-6,12,16H,1-2H3. The van der Waals surface area contributed by atoms with Gasteiger partial charge in [-0.15, -0.1) is 11.3 Å². The first-order valence-corrected chi connectivity index (χ1v) is 7.17. The van der Waals surface area contributed by atoms with Crippen LogP contribution in [0.4, 0.5) is 0 Å². The van der Waals surface area contributed by atoms with E-state index in [0.717, 1.165) is 20.5 Å². The van der Waals surface area contributed by atoms with E-state index >= 15 is 0 Å². The van der Waals surface area contributed by atoms with Crippen LogP contribution in [0.2, 0.25) is 5.02 Å². The van der Waals surface area contributed by atoms with Crippen molar-refractivity contribution >= 4 is 38.9 Å². The Balaban J connectivity index is 2.43. The van der Waals surface area contributed by atoms with E-state index in [1.165, 1.54) is 4.88 Å². The molecule has 0 aliphatic carbocycles. The van der Waals surface area contributed by atoms with Crippen LogP contribution in [0.3, 0.4) is 0 Å². The fourth-order valence-electron chi connectivity index (χ4n) is 1.77. The van der Waals surface area contributed by atoms with Gasteiger partial charge in [0.25, 0.3) is 0 Å². The summed E-state index contributed by atoms with van der Waals surface area (Å²) in [6.45, 7) is 3.99. The van der Waals surface area contributed by atoms with Crippen LogP contribution in [-0.2, 0) is 0 Å². The van der Waals surface area contributed by atoms with E-state index in [1.54, 1.807) is 11.3 Å². The molecular formula is C13H12BrClOS. The number of rotatable bonds is 2. The molecule has 0 saturated carbocycles. The Kier molecular flexibility index (Phi) is 3.93. The van der Waals surface area contributed by atoms with Crippen molar-refractivity contribution in [2.45, 2.75) is 20.0 Å². The summed E-state index contributed by atoms with van der Waals surface area (Å²) < 4.78 is 0.960. The molecule has 0 aliphatic heterocycles. The van der Waals surface area contributed by atoms with Gasteiger partial charge in [0, 0.05) is 14.4 Å². The SMILES string of the molecule is Cc1cc(Br)c(C(O)c2ccc(Cl)cc2C)s1. The fraction of sp³-hybridized carbons (Fsp3) is 0.231. The lowest BCUT2D eigenvalue weighted by Crippen LogP contribution is -2.00. The molecule has 1 unspecified atom stereocenters. The van der Waals surface area contributed by atoms with Crippen LogP contribution in [0, 0.1) is 13.8 Å². The molecule has 0 spiro atoms. The van der Waals surface area contributed by atoms with Crippen molar-refractivity contribution < 1.29 is 5.11 Å². The predicted molar refractivity (Wildman–Crippen MR) is 77.0 cm³/mol. The van der Waals surface area contributed by atoms with Gasteiger partial charge in [0.05, 0.1) is 4.88 Å². The van der Waals surface area contributed by atoms with Gasteiger partial charge in [-0.2, -0.15) is 0 Å². The molecule has 1 N–H and O–H groups in total. The van der Waals surface area contributed by atoms with E-state index in [4.69, 9.17) is 11.6 Å². The number of aliphatic hydroxyl groups excluding tert-OH is 1. The number of hydrogen-bond acceptors (Lipinski definition) is 2.